The SMILES string of the molecule is c1ccc(-n2c3ccccc3c3cc(-c4ccc(-c5ccc(N(c6ccc(-c7ccc(-c8ccc9c(c8)c8ccccc8n9-c8ccccc8)cc7)cc6)c6ccc(-c7ccc8oc9ccccc9c8c7)cc6)cc5)cc4)ccc32)cc1.c1ccc2c(c1)oc1ccc(-c3ccc(-c4ccc(N(c5ccc(-c6ccc7oc8ccccc8c7c6)cc5)c5ccc(-n6c7ccccc7c7ccccc76)cc5)cc4)cc3)cc12. The summed E-state index contributed by atoms with van der Waals surface area (Å²) in [6, 6.07) is 194. The molecule has 29 aromatic rings. The highest BCUT2D eigenvalue weighted by molar-refractivity contribution is 6.15. The van der Waals surface area contributed by atoms with Crippen LogP contribution in [0.2, 0.25) is 0 Å². The third-order valence-corrected chi connectivity index (χ3v) is 29.4. The Hall–Kier alpha value is -19.5. The van der Waals surface area contributed by atoms with Crippen LogP contribution in [0.1, 0.15) is 0 Å². The summed E-state index contributed by atoms with van der Waals surface area (Å²) in [6.45, 7) is 0. The highest BCUT2D eigenvalue weighted by atomic mass is 16.3. The number of benzene rings is 23. The first kappa shape index (κ1) is 84.5. The second-order valence-electron chi connectivity index (χ2n) is 37.8. The Bertz CT molecular complexity index is 9760. The highest BCUT2D eigenvalue weighted by Crippen LogP contribution is 2.47. The zero-order valence-electron chi connectivity index (χ0n) is 79.3. The number of para-hydroxylation sites is 9. The molecule has 0 atom stereocenters. The second-order valence-corrected chi connectivity index (χ2v) is 37.8. The Morgan fingerprint density at radius 3 is 0.555 bits per heavy atom. The van der Waals surface area contributed by atoms with Gasteiger partial charge < -0.3 is 36.8 Å². The first-order valence-electron chi connectivity index (χ1n) is 49.8. The van der Waals surface area contributed by atoms with Crippen LogP contribution in [0, 0.1) is 0 Å². The largest absolute Gasteiger partial charge is 0.456 e. The van der Waals surface area contributed by atoms with Crippen molar-refractivity contribution in [1.29, 1.82) is 0 Å². The molecule has 23 aromatic carbocycles. The van der Waals surface area contributed by atoms with E-state index in [1.165, 1.54) is 115 Å². The van der Waals surface area contributed by atoms with Gasteiger partial charge in [-0.3, -0.25) is 0 Å². The van der Waals surface area contributed by atoms with E-state index in [4.69, 9.17) is 13.3 Å². The minimum absolute atomic E-state index is 0.898. The Morgan fingerprint density at radius 2 is 0.288 bits per heavy atom. The Morgan fingerprint density at radius 1 is 0.116 bits per heavy atom. The molecular weight excluding hydrogens is 1780 g/mol. The lowest BCUT2D eigenvalue weighted by molar-refractivity contribution is 0.668. The number of anilines is 6. The second kappa shape index (κ2) is 35.4. The Balaban J connectivity index is 0.000000146. The molecule has 0 spiro atoms. The molecule has 8 nitrogen and oxygen atoms in total. The van der Waals surface area contributed by atoms with Crippen molar-refractivity contribution < 1.29 is 13.3 Å². The van der Waals surface area contributed by atoms with Crippen molar-refractivity contribution in [1.82, 2.24) is 13.7 Å². The quantitative estimate of drug-likeness (QED) is 0.0909. The first-order chi connectivity index (χ1) is 72.3. The van der Waals surface area contributed by atoms with E-state index in [0.29, 0.717) is 0 Å². The molecule has 0 radical (unpaired) electrons. The van der Waals surface area contributed by atoms with E-state index in [0.717, 1.165) is 156 Å². The lowest BCUT2D eigenvalue weighted by Gasteiger charge is -2.26. The van der Waals surface area contributed by atoms with Gasteiger partial charge in [0, 0.05) is 116 Å². The van der Waals surface area contributed by atoms with E-state index < -0.39 is 0 Å². The van der Waals surface area contributed by atoms with Crippen molar-refractivity contribution in [2.75, 3.05) is 9.80 Å². The molecule has 0 amide bonds. The summed E-state index contributed by atoms with van der Waals surface area (Å²) < 4.78 is 25.5. The molecule has 684 valence electrons. The van der Waals surface area contributed by atoms with Crippen molar-refractivity contribution in [3.05, 3.63) is 540 Å². The summed E-state index contributed by atoms with van der Waals surface area (Å²) in [5, 5.41) is 14.3. The summed E-state index contributed by atoms with van der Waals surface area (Å²) in [7, 11) is 0. The topological polar surface area (TPSA) is 60.7 Å². The maximum absolute atomic E-state index is 6.18. The fourth-order valence-corrected chi connectivity index (χ4v) is 22.2. The van der Waals surface area contributed by atoms with E-state index in [1.807, 2.05) is 36.4 Å². The molecule has 0 bridgehead atoms. The number of aromatic nitrogens is 3. The first-order valence-corrected chi connectivity index (χ1v) is 49.8. The molecule has 0 aliphatic carbocycles. The summed E-state index contributed by atoms with van der Waals surface area (Å²) in [6.07, 6.45) is 0. The van der Waals surface area contributed by atoms with E-state index in [1.54, 1.807) is 0 Å². The average Bonchev–Trinajstić information content (AvgIpc) is 1.57. The van der Waals surface area contributed by atoms with Crippen molar-refractivity contribution >= 4 is 165 Å². The van der Waals surface area contributed by atoms with Gasteiger partial charge in [0.2, 0.25) is 0 Å². The van der Waals surface area contributed by atoms with Gasteiger partial charge in [-0.05, 0) is 301 Å². The maximum atomic E-state index is 6.18. The van der Waals surface area contributed by atoms with Crippen LogP contribution in [0.15, 0.2) is 553 Å². The van der Waals surface area contributed by atoms with Crippen LogP contribution in [-0.2, 0) is 0 Å². The predicted octanol–water partition coefficient (Wildman–Crippen LogP) is 38.6. The summed E-state index contributed by atoms with van der Waals surface area (Å²) in [4.78, 5) is 4.70. The molecule has 6 aromatic heterocycles. The molecule has 8 heteroatoms. The van der Waals surface area contributed by atoms with Crippen molar-refractivity contribution in [3.63, 3.8) is 0 Å². The van der Waals surface area contributed by atoms with E-state index in [2.05, 4.69) is 527 Å². The smallest absolute Gasteiger partial charge is 0.135 e. The molecule has 0 saturated heterocycles. The lowest BCUT2D eigenvalue weighted by atomic mass is 9.98. The van der Waals surface area contributed by atoms with Crippen LogP contribution >= 0.6 is 0 Å². The summed E-state index contributed by atoms with van der Waals surface area (Å²) in [5.74, 6) is 0. The molecule has 0 aliphatic rings. The van der Waals surface area contributed by atoms with Gasteiger partial charge in [0.1, 0.15) is 33.5 Å². The number of nitrogens with zero attached hydrogens (tertiary/aromatic N) is 5. The molecule has 29 rings (SSSR count). The van der Waals surface area contributed by atoms with Crippen LogP contribution in [0.5, 0.6) is 0 Å². The molecule has 0 unspecified atom stereocenters. The van der Waals surface area contributed by atoms with Crippen molar-refractivity contribution in [2.24, 2.45) is 0 Å². The number of hydrogen-bond donors (Lipinski definition) is 0. The third kappa shape index (κ3) is 14.9. The average molecular weight is 1870 g/mol. The van der Waals surface area contributed by atoms with Crippen LogP contribution in [0.25, 0.3) is 237 Å². The maximum Gasteiger partial charge on any atom is 0.135 e. The van der Waals surface area contributed by atoms with E-state index >= 15 is 0 Å². The van der Waals surface area contributed by atoms with Gasteiger partial charge in [0.05, 0.1) is 33.1 Å². The molecule has 146 heavy (non-hydrogen) atoms. The summed E-state index contributed by atoms with van der Waals surface area (Å²) >= 11 is 0. The van der Waals surface area contributed by atoms with Gasteiger partial charge >= 0.3 is 0 Å². The zero-order chi connectivity index (χ0) is 96.2. The monoisotopic (exact) mass is 1860 g/mol. The van der Waals surface area contributed by atoms with Crippen LogP contribution in [0.4, 0.5) is 34.1 Å². The molecule has 0 saturated carbocycles. The Kier molecular flexibility index (Phi) is 20.5. The van der Waals surface area contributed by atoms with Crippen LogP contribution in [-0.4, -0.2) is 13.7 Å². The van der Waals surface area contributed by atoms with Crippen LogP contribution < -0.4 is 9.80 Å². The summed E-state index contributed by atoms with van der Waals surface area (Å²) in [5.41, 5.74) is 41.2. The van der Waals surface area contributed by atoms with Crippen molar-refractivity contribution in [3.8, 4) is 106 Å². The standard InChI is InChI=1S/C78H51N3O.C60H38N2O2/c1-3-13-62(14-4-1)80-73-20-10-7-17-67(73)70-49-59(37-46-75(70)80)56-27-23-52(24-28-56)54-31-40-64(41-32-54)79(66-44-35-58(36-45-66)61-39-48-78-72(51-61)69-19-9-12-22-77(69)82-78)65-42-33-55(34-43-65)53-25-29-57(30-26-53)60-38-47-76-71(50-60)68-18-8-11-21-74(68)81(76)63-15-5-2-6-16-63;1-5-13-55-49(9-1)50-10-2-6-14-56(50)62(55)48-33-31-47(32-34-48)61(46-29-23-42(24-30-46)44-26-36-60-54(38-44)52-12-4-8-16-58(52)64-60)45-27-21-40(22-28-45)39-17-19-41(20-18-39)43-25-35-59-53(37-43)51-11-3-7-15-57(51)63-59/h1-51H;1-38H. The van der Waals surface area contributed by atoms with Gasteiger partial charge in [0.25, 0.3) is 0 Å². The minimum atomic E-state index is 0.898. The number of hydrogen-bond acceptors (Lipinski definition) is 5. The van der Waals surface area contributed by atoms with E-state index in [9.17, 15) is 0 Å². The molecular formula is C138H89N5O3. The van der Waals surface area contributed by atoms with Gasteiger partial charge in [0.15, 0.2) is 0 Å². The van der Waals surface area contributed by atoms with Gasteiger partial charge in [-0.2, -0.15) is 0 Å². The molecule has 6 heterocycles. The minimum Gasteiger partial charge on any atom is -0.456 e. The van der Waals surface area contributed by atoms with Gasteiger partial charge in [-0.15, -0.1) is 0 Å². The highest BCUT2D eigenvalue weighted by Gasteiger charge is 2.24. The molecule has 0 fully saturated rings. The number of furan rings is 3. The predicted molar refractivity (Wildman–Crippen MR) is 611 cm³/mol. The van der Waals surface area contributed by atoms with Crippen LogP contribution in [0.3, 0.4) is 0 Å². The zero-order valence-corrected chi connectivity index (χ0v) is 79.3. The fourth-order valence-electron chi connectivity index (χ4n) is 22.2. The molecule has 0 N–H and O–H groups in total. The van der Waals surface area contributed by atoms with Gasteiger partial charge in [-0.25, -0.2) is 0 Å². The number of fused-ring (bicyclic) bond motifs is 18. The molecule has 0 aliphatic heterocycles. The van der Waals surface area contributed by atoms with Crippen molar-refractivity contribution in [2.45, 2.75) is 0 Å². The normalized spacial score (nSPS) is 11.7. The van der Waals surface area contributed by atoms with Gasteiger partial charge in [-0.1, -0.05) is 328 Å². The Labute approximate surface area is 842 Å². The number of rotatable bonds is 17. The third-order valence-electron chi connectivity index (χ3n) is 29.4. The fraction of sp³-hybridized carbons (Fsp3) is 0. The van der Waals surface area contributed by atoms with E-state index in [-0.39, 0.29) is 0 Å². The lowest BCUT2D eigenvalue weighted by Crippen LogP contribution is -2.10.